The molecular weight excluding hydrogens is 232 g/mol. The summed E-state index contributed by atoms with van der Waals surface area (Å²) in [5.41, 5.74) is 1.28. The Morgan fingerprint density at radius 1 is 1.21 bits per heavy atom. The van der Waals surface area contributed by atoms with Gasteiger partial charge in [-0.3, -0.25) is 0 Å². The largest absolute Gasteiger partial charge is 0.310 e. The molecule has 0 aromatic heterocycles. The van der Waals surface area contributed by atoms with E-state index in [4.69, 9.17) is 0 Å². The van der Waals surface area contributed by atoms with Crippen molar-refractivity contribution < 1.29 is 0 Å². The standard InChI is InChI=1S/C17H26N2/c1-2-13-19-14-10-17(11-15-19)18-12-6-9-16-7-4-3-5-8-16/h3-9,17-18H,2,10-15H2,1H3/b9-6+. The summed E-state index contributed by atoms with van der Waals surface area (Å²) in [6.07, 6.45) is 8.28. The van der Waals surface area contributed by atoms with Crippen LogP contribution in [0.2, 0.25) is 0 Å². The maximum atomic E-state index is 3.64. The molecule has 1 aliphatic rings. The van der Waals surface area contributed by atoms with Crippen LogP contribution in [-0.2, 0) is 0 Å². The van der Waals surface area contributed by atoms with E-state index in [-0.39, 0.29) is 0 Å². The van der Waals surface area contributed by atoms with E-state index in [1.54, 1.807) is 0 Å². The number of hydrogen-bond acceptors (Lipinski definition) is 2. The summed E-state index contributed by atoms with van der Waals surface area (Å²) in [7, 11) is 0. The van der Waals surface area contributed by atoms with Gasteiger partial charge >= 0.3 is 0 Å². The molecule has 1 fully saturated rings. The summed E-state index contributed by atoms with van der Waals surface area (Å²) in [5, 5.41) is 3.64. The molecule has 0 aliphatic carbocycles. The second-order valence-corrected chi connectivity index (χ2v) is 5.34. The first kappa shape index (κ1) is 14.3. The van der Waals surface area contributed by atoms with Crippen LogP contribution in [0, 0.1) is 0 Å². The van der Waals surface area contributed by atoms with Crippen molar-refractivity contribution in [2.75, 3.05) is 26.2 Å². The summed E-state index contributed by atoms with van der Waals surface area (Å²) in [5.74, 6) is 0. The van der Waals surface area contributed by atoms with Gasteiger partial charge in [-0.05, 0) is 44.5 Å². The van der Waals surface area contributed by atoms with Crippen LogP contribution < -0.4 is 5.32 Å². The van der Waals surface area contributed by atoms with Crippen LogP contribution in [0.1, 0.15) is 31.7 Å². The summed E-state index contributed by atoms with van der Waals surface area (Å²) >= 11 is 0. The smallest absolute Gasteiger partial charge is 0.0140 e. The van der Waals surface area contributed by atoms with Gasteiger partial charge in [0.15, 0.2) is 0 Å². The molecule has 0 radical (unpaired) electrons. The van der Waals surface area contributed by atoms with Gasteiger partial charge in [-0.15, -0.1) is 0 Å². The molecule has 0 saturated carbocycles. The Labute approximate surface area is 117 Å². The zero-order valence-electron chi connectivity index (χ0n) is 12.0. The van der Waals surface area contributed by atoms with Crippen LogP contribution >= 0.6 is 0 Å². The van der Waals surface area contributed by atoms with Gasteiger partial charge in [0.2, 0.25) is 0 Å². The number of nitrogens with one attached hydrogen (secondary N) is 1. The molecule has 1 N–H and O–H groups in total. The monoisotopic (exact) mass is 258 g/mol. The maximum Gasteiger partial charge on any atom is 0.0140 e. The second kappa shape index (κ2) is 8.13. The van der Waals surface area contributed by atoms with Crippen molar-refractivity contribution in [3.63, 3.8) is 0 Å². The average Bonchev–Trinajstić information content (AvgIpc) is 2.47. The third-order valence-electron chi connectivity index (χ3n) is 3.76. The van der Waals surface area contributed by atoms with Crippen molar-refractivity contribution in [2.45, 2.75) is 32.2 Å². The molecular formula is C17H26N2. The lowest BCUT2D eigenvalue weighted by molar-refractivity contribution is 0.200. The molecule has 2 heteroatoms. The van der Waals surface area contributed by atoms with Crippen LogP contribution in [0.25, 0.3) is 6.08 Å². The first-order valence-corrected chi connectivity index (χ1v) is 7.56. The molecule has 19 heavy (non-hydrogen) atoms. The highest BCUT2D eigenvalue weighted by Gasteiger charge is 2.16. The predicted octanol–water partition coefficient (Wildman–Crippen LogP) is 3.16. The molecule has 2 rings (SSSR count). The van der Waals surface area contributed by atoms with Crippen molar-refractivity contribution in [2.24, 2.45) is 0 Å². The Hall–Kier alpha value is -1.12. The van der Waals surface area contributed by atoms with Gasteiger partial charge in [0.25, 0.3) is 0 Å². The normalized spacial score (nSPS) is 18.2. The predicted molar refractivity (Wildman–Crippen MR) is 83.2 cm³/mol. The molecule has 0 amide bonds. The fraction of sp³-hybridized carbons (Fsp3) is 0.529. The van der Waals surface area contributed by atoms with E-state index in [1.807, 2.05) is 0 Å². The van der Waals surface area contributed by atoms with Crippen molar-refractivity contribution in [1.82, 2.24) is 10.2 Å². The van der Waals surface area contributed by atoms with E-state index < -0.39 is 0 Å². The first-order valence-electron chi connectivity index (χ1n) is 7.56. The molecule has 2 nitrogen and oxygen atoms in total. The van der Waals surface area contributed by atoms with Crippen LogP contribution in [0.5, 0.6) is 0 Å². The van der Waals surface area contributed by atoms with Gasteiger partial charge in [0.05, 0.1) is 0 Å². The Balaban J connectivity index is 1.63. The molecule has 1 saturated heterocycles. The number of likely N-dealkylation sites (tertiary alicyclic amines) is 1. The van der Waals surface area contributed by atoms with Gasteiger partial charge in [0.1, 0.15) is 0 Å². The lowest BCUT2D eigenvalue weighted by atomic mass is 10.0. The highest BCUT2D eigenvalue weighted by atomic mass is 15.1. The van der Waals surface area contributed by atoms with E-state index in [0.29, 0.717) is 6.04 Å². The van der Waals surface area contributed by atoms with Gasteiger partial charge in [-0.1, -0.05) is 49.4 Å². The molecule has 1 aromatic rings. The fourth-order valence-electron chi connectivity index (χ4n) is 2.67. The minimum atomic E-state index is 0.702. The molecule has 0 atom stereocenters. The summed E-state index contributed by atoms with van der Waals surface area (Å²) < 4.78 is 0. The van der Waals surface area contributed by atoms with Crippen molar-refractivity contribution in [3.8, 4) is 0 Å². The molecule has 1 aromatic carbocycles. The summed E-state index contributed by atoms with van der Waals surface area (Å²) in [4.78, 5) is 2.58. The topological polar surface area (TPSA) is 15.3 Å². The van der Waals surface area contributed by atoms with Crippen molar-refractivity contribution in [1.29, 1.82) is 0 Å². The Morgan fingerprint density at radius 3 is 2.63 bits per heavy atom. The highest BCUT2D eigenvalue weighted by Crippen LogP contribution is 2.10. The van der Waals surface area contributed by atoms with Crippen LogP contribution in [0.3, 0.4) is 0 Å². The van der Waals surface area contributed by atoms with E-state index in [9.17, 15) is 0 Å². The average molecular weight is 258 g/mol. The van der Waals surface area contributed by atoms with E-state index in [0.717, 1.165) is 6.54 Å². The second-order valence-electron chi connectivity index (χ2n) is 5.34. The molecule has 1 heterocycles. The lowest BCUT2D eigenvalue weighted by Crippen LogP contribution is -2.42. The number of rotatable bonds is 6. The highest BCUT2D eigenvalue weighted by molar-refractivity contribution is 5.48. The van der Waals surface area contributed by atoms with Crippen LogP contribution in [0.15, 0.2) is 36.4 Å². The molecule has 1 aliphatic heterocycles. The third kappa shape index (κ3) is 5.17. The molecule has 104 valence electrons. The van der Waals surface area contributed by atoms with Gasteiger partial charge < -0.3 is 10.2 Å². The van der Waals surface area contributed by atoms with Crippen LogP contribution in [-0.4, -0.2) is 37.1 Å². The SMILES string of the molecule is CCCN1CCC(NC/C=C/c2ccccc2)CC1. The maximum absolute atomic E-state index is 3.64. The van der Waals surface area contributed by atoms with Crippen molar-refractivity contribution in [3.05, 3.63) is 42.0 Å². The minimum Gasteiger partial charge on any atom is -0.310 e. The Morgan fingerprint density at radius 2 is 1.95 bits per heavy atom. The number of hydrogen-bond donors (Lipinski definition) is 1. The zero-order valence-corrected chi connectivity index (χ0v) is 12.0. The fourth-order valence-corrected chi connectivity index (χ4v) is 2.67. The Bertz CT molecular complexity index is 364. The zero-order chi connectivity index (χ0) is 13.3. The molecule has 0 unspecified atom stereocenters. The summed E-state index contributed by atoms with van der Waals surface area (Å²) in [6.45, 7) is 7.02. The first-order chi connectivity index (χ1) is 9.38. The third-order valence-corrected chi connectivity index (χ3v) is 3.76. The quantitative estimate of drug-likeness (QED) is 0.843. The molecule has 0 spiro atoms. The lowest BCUT2D eigenvalue weighted by Gasteiger charge is -2.32. The number of benzene rings is 1. The van der Waals surface area contributed by atoms with E-state index in [2.05, 4.69) is 59.6 Å². The van der Waals surface area contributed by atoms with Crippen LogP contribution in [0.4, 0.5) is 0 Å². The number of piperidine rings is 1. The number of nitrogens with zero attached hydrogens (tertiary/aromatic N) is 1. The molecule has 0 bridgehead atoms. The van der Waals surface area contributed by atoms with E-state index in [1.165, 1.54) is 44.5 Å². The minimum absolute atomic E-state index is 0.702. The van der Waals surface area contributed by atoms with E-state index >= 15 is 0 Å². The Kier molecular flexibility index (Phi) is 6.12. The van der Waals surface area contributed by atoms with Gasteiger partial charge in [-0.25, -0.2) is 0 Å². The van der Waals surface area contributed by atoms with Gasteiger partial charge in [0, 0.05) is 12.6 Å². The summed E-state index contributed by atoms with van der Waals surface area (Å²) in [6, 6.07) is 11.2. The van der Waals surface area contributed by atoms with Crippen molar-refractivity contribution >= 4 is 6.08 Å². The van der Waals surface area contributed by atoms with Gasteiger partial charge in [-0.2, -0.15) is 0 Å².